The molecule has 25 heavy (non-hydrogen) atoms. The van der Waals surface area contributed by atoms with Crippen LogP contribution in [-0.2, 0) is 0 Å². The molecule has 0 spiro atoms. The quantitative estimate of drug-likeness (QED) is 0.732. The molecule has 7 nitrogen and oxygen atoms in total. The Labute approximate surface area is 145 Å². The van der Waals surface area contributed by atoms with Crippen LogP contribution in [0.25, 0.3) is 0 Å². The van der Waals surface area contributed by atoms with Crippen molar-refractivity contribution in [1.29, 1.82) is 0 Å². The van der Waals surface area contributed by atoms with Gasteiger partial charge in [-0.15, -0.1) is 0 Å². The lowest BCUT2D eigenvalue weighted by Crippen LogP contribution is -2.31. The molecule has 0 unspecified atom stereocenters. The van der Waals surface area contributed by atoms with E-state index in [1.54, 1.807) is 26.0 Å². The predicted molar refractivity (Wildman–Crippen MR) is 92.6 cm³/mol. The number of benzene rings is 2. The highest BCUT2D eigenvalue weighted by molar-refractivity contribution is 5.91. The number of amides is 2. The number of para-hydroxylation sites is 3. The van der Waals surface area contributed by atoms with Crippen LogP contribution in [0.1, 0.15) is 24.7 Å². The molecule has 0 bridgehead atoms. The second kappa shape index (κ2) is 7.48. The van der Waals surface area contributed by atoms with Crippen LogP contribution in [0.4, 0.5) is 10.5 Å². The second-order valence-corrected chi connectivity index (χ2v) is 5.41. The van der Waals surface area contributed by atoms with E-state index < -0.39 is 12.1 Å². The summed E-state index contributed by atoms with van der Waals surface area (Å²) in [5.74, 6) is 2.10. The summed E-state index contributed by atoms with van der Waals surface area (Å²) in [4.78, 5) is 16.3. The Morgan fingerprint density at radius 2 is 1.84 bits per heavy atom. The number of carbonyl (C=O) groups excluding carboxylic acids is 1. The molecule has 2 N–H and O–H groups in total. The van der Waals surface area contributed by atoms with Crippen molar-refractivity contribution in [2.45, 2.75) is 19.9 Å². The minimum atomic E-state index is -0.414. The molecule has 3 rings (SSSR count). The van der Waals surface area contributed by atoms with Crippen molar-refractivity contribution in [2.24, 2.45) is 0 Å². The van der Waals surface area contributed by atoms with Crippen LogP contribution in [0, 0.1) is 6.92 Å². The van der Waals surface area contributed by atoms with E-state index in [0.717, 1.165) is 0 Å². The summed E-state index contributed by atoms with van der Waals surface area (Å²) in [5, 5.41) is 9.23. The first-order valence-electron chi connectivity index (χ1n) is 7.81. The van der Waals surface area contributed by atoms with Crippen molar-refractivity contribution in [3.05, 3.63) is 66.3 Å². The highest BCUT2D eigenvalue weighted by Gasteiger charge is 2.16. The Morgan fingerprint density at radius 3 is 2.56 bits per heavy atom. The summed E-state index contributed by atoms with van der Waals surface area (Å²) >= 11 is 0. The first-order valence-corrected chi connectivity index (χ1v) is 7.81. The second-order valence-electron chi connectivity index (χ2n) is 5.41. The van der Waals surface area contributed by atoms with Gasteiger partial charge in [0.25, 0.3) is 0 Å². The smallest absolute Gasteiger partial charge is 0.319 e. The lowest BCUT2D eigenvalue weighted by atomic mass is 10.3. The van der Waals surface area contributed by atoms with E-state index in [1.807, 2.05) is 42.5 Å². The zero-order valence-electron chi connectivity index (χ0n) is 13.9. The predicted octanol–water partition coefficient (Wildman–Crippen LogP) is 4.05. The number of ether oxygens (including phenoxy) is 1. The summed E-state index contributed by atoms with van der Waals surface area (Å²) in [7, 11) is 0. The summed E-state index contributed by atoms with van der Waals surface area (Å²) in [5.41, 5.74) is 0.553. The van der Waals surface area contributed by atoms with Crippen LogP contribution in [0.5, 0.6) is 11.5 Å². The Kier molecular flexibility index (Phi) is 4.94. The Hall–Kier alpha value is -3.35. The monoisotopic (exact) mass is 338 g/mol. The van der Waals surface area contributed by atoms with Crippen LogP contribution in [0.2, 0.25) is 0 Å². The van der Waals surface area contributed by atoms with Gasteiger partial charge < -0.3 is 19.9 Å². The molecule has 1 atom stereocenters. The van der Waals surface area contributed by atoms with Gasteiger partial charge in [-0.3, -0.25) is 0 Å². The maximum absolute atomic E-state index is 12.2. The number of aromatic nitrogens is 2. The maximum atomic E-state index is 12.2. The molecular weight excluding hydrogens is 320 g/mol. The van der Waals surface area contributed by atoms with E-state index in [1.165, 1.54) is 0 Å². The number of aryl methyl sites for hydroxylation is 1. The zero-order chi connectivity index (χ0) is 17.6. The SMILES string of the molecule is Cc1noc([C@@H](C)NC(=O)Nc2ccccc2Oc2ccccc2)n1. The number of anilines is 1. The van der Waals surface area contributed by atoms with Gasteiger partial charge in [-0.2, -0.15) is 4.98 Å². The van der Waals surface area contributed by atoms with Gasteiger partial charge in [0.2, 0.25) is 5.89 Å². The van der Waals surface area contributed by atoms with Crippen LogP contribution in [0.3, 0.4) is 0 Å². The molecule has 2 amide bonds. The van der Waals surface area contributed by atoms with E-state index in [0.29, 0.717) is 28.9 Å². The third-order valence-corrected chi connectivity index (χ3v) is 3.37. The highest BCUT2D eigenvalue weighted by Crippen LogP contribution is 2.29. The van der Waals surface area contributed by atoms with E-state index in [4.69, 9.17) is 9.26 Å². The molecule has 2 aromatic carbocycles. The minimum absolute atomic E-state index is 0.349. The third kappa shape index (κ3) is 4.35. The molecule has 3 aromatic rings. The molecule has 0 radical (unpaired) electrons. The highest BCUT2D eigenvalue weighted by atomic mass is 16.5. The van der Waals surface area contributed by atoms with Crippen LogP contribution in [0.15, 0.2) is 59.1 Å². The lowest BCUT2D eigenvalue weighted by molar-refractivity contribution is 0.245. The minimum Gasteiger partial charge on any atom is -0.455 e. The van der Waals surface area contributed by atoms with Gasteiger partial charge in [-0.05, 0) is 38.1 Å². The average Bonchev–Trinajstić information content (AvgIpc) is 3.04. The molecule has 1 heterocycles. The number of hydrogen-bond acceptors (Lipinski definition) is 5. The number of nitrogens with one attached hydrogen (secondary N) is 2. The summed E-state index contributed by atoms with van der Waals surface area (Å²) in [6.07, 6.45) is 0. The number of urea groups is 1. The first kappa shape index (κ1) is 16.5. The molecule has 0 aliphatic heterocycles. The van der Waals surface area contributed by atoms with Gasteiger partial charge in [0.05, 0.1) is 5.69 Å². The van der Waals surface area contributed by atoms with Crippen molar-refractivity contribution in [1.82, 2.24) is 15.5 Å². The Bertz CT molecular complexity index is 848. The van der Waals surface area contributed by atoms with E-state index in [2.05, 4.69) is 20.8 Å². The summed E-state index contributed by atoms with van der Waals surface area (Å²) in [6.45, 7) is 3.48. The molecule has 0 aliphatic carbocycles. The first-order chi connectivity index (χ1) is 12.1. The van der Waals surface area contributed by atoms with Gasteiger partial charge in [-0.1, -0.05) is 35.5 Å². The standard InChI is InChI=1S/C18H18N4O3/c1-12(17-20-13(2)22-25-17)19-18(23)21-15-10-6-7-11-16(15)24-14-8-4-3-5-9-14/h3-12H,1-2H3,(H2,19,21,23)/t12-/m1/s1. The molecule has 7 heteroatoms. The van der Waals surface area contributed by atoms with Crippen molar-refractivity contribution in [3.8, 4) is 11.5 Å². The van der Waals surface area contributed by atoms with E-state index >= 15 is 0 Å². The number of nitrogens with zero attached hydrogens (tertiary/aromatic N) is 2. The Morgan fingerprint density at radius 1 is 1.12 bits per heavy atom. The number of rotatable bonds is 5. The van der Waals surface area contributed by atoms with Crippen molar-refractivity contribution < 1.29 is 14.1 Å². The largest absolute Gasteiger partial charge is 0.455 e. The van der Waals surface area contributed by atoms with Crippen molar-refractivity contribution in [2.75, 3.05) is 5.32 Å². The zero-order valence-corrected chi connectivity index (χ0v) is 13.9. The normalized spacial score (nSPS) is 11.6. The van der Waals surface area contributed by atoms with Gasteiger partial charge >= 0.3 is 6.03 Å². The van der Waals surface area contributed by atoms with E-state index in [-0.39, 0.29) is 0 Å². The molecule has 0 fully saturated rings. The summed E-state index contributed by atoms with van der Waals surface area (Å²) in [6, 6.07) is 15.8. The number of hydrogen-bond donors (Lipinski definition) is 2. The average molecular weight is 338 g/mol. The molecule has 1 aromatic heterocycles. The van der Waals surface area contributed by atoms with Gasteiger partial charge in [0, 0.05) is 0 Å². The van der Waals surface area contributed by atoms with Gasteiger partial charge in [0.1, 0.15) is 11.8 Å². The van der Waals surface area contributed by atoms with Crippen molar-refractivity contribution >= 4 is 11.7 Å². The summed E-state index contributed by atoms with van der Waals surface area (Å²) < 4.78 is 10.9. The Balaban J connectivity index is 1.67. The molecule has 0 aliphatic rings. The fourth-order valence-electron chi connectivity index (χ4n) is 2.18. The van der Waals surface area contributed by atoms with Gasteiger partial charge in [0.15, 0.2) is 11.6 Å². The molecule has 0 saturated heterocycles. The van der Waals surface area contributed by atoms with Crippen LogP contribution < -0.4 is 15.4 Å². The molecule has 128 valence electrons. The van der Waals surface area contributed by atoms with Gasteiger partial charge in [-0.25, -0.2) is 4.79 Å². The number of carbonyl (C=O) groups is 1. The van der Waals surface area contributed by atoms with Crippen LogP contribution in [-0.4, -0.2) is 16.2 Å². The van der Waals surface area contributed by atoms with Crippen LogP contribution >= 0.6 is 0 Å². The fourth-order valence-corrected chi connectivity index (χ4v) is 2.18. The third-order valence-electron chi connectivity index (χ3n) is 3.37. The molecular formula is C18H18N4O3. The lowest BCUT2D eigenvalue weighted by Gasteiger charge is -2.14. The molecule has 0 saturated carbocycles. The maximum Gasteiger partial charge on any atom is 0.319 e. The fraction of sp³-hybridized carbons (Fsp3) is 0.167. The van der Waals surface area contributed by atoms with Crippen molar-refractivity contribution in [3.63, 3.8) is 0 Å². The topological polar surface area (TPSA) is 89.3 Å². The van der Waals surface area contributed by atoms with E-state index in [9.17, 15) is 4.79 Å².